The van der Waals surface area contributed by atoms with Gasteiger partial charge >= 0.3 is 5.97 Å². The second-order valence-corrected chi connectivity index (χ2v) is 8.68. The minimum absolute atomic E-state index is 0.0405. The van der Waals surface area contributed by atoms with Gasteiger partial charge in [0.05, 0.1) is 5.56 Å². The summed E-state index contributed by atoms with van der Waals surface area (Å²) >= 11 is 0. The van der Waals surface area contributed by atoms with Gasteiger partial charge in [-0.25, -0.2) is 14.8 Å². The smallest absolute Gasteiger partial charge is 0.337 e. The lowest BCUT2D eigenvalue weighted by Gasteiger charge is -2.26. The van der Waals surface area contributed by atoms with E-state index >= 15 is 0 Å². The van der Waals surface area contributed by atoms with Gasteiger partial charge in [0.1, 0.15) is 17.2 Å². The highest BCUT2D eigenvalue weighted by atomic mass is 16.4. The molecule has 2 N–H and O–H groups in total. The zero-order valence-electron chi connectivity index (χ0n) is 17.4. The monoisotopic (exact) mass is 420 g/mol. The number of carbonyl (C=O) groups is 2. The Morgan fingerprint density at radius 3 is 2.61 bits per heavy atom. The number of rotatable bonds is 5. The fraction of sp³-hybridized carbons (Fsp3) is 0.409. The average Bonchev–Trinajstić information content (AvgIpc) is 3.47. The standard InChI is InChI=1S/C22H24N6O3/c1-27(2)20(29)17-9-15-11-24-22(25-18-6-5-14(10-23-18)21(30)31)26-19(15)28(17)16-8-12-3-4-13(16)7-12/h5-6,9-13,16H,3-4,7-8H2,1-2H3,(H,30,31)(H,23,24,25,26). The summed E-state index contributed by atoms with van der Waals surface area (Å²) in [7, 11) is 3.52. The summed E-state index contributed by atoms with van der Waals surface area (Å²) < 4.78 is 2.12. The van der Waals surface area contributed by atoms with Crippen molar-refractivity contribution in [1.29, 1.82) is 0 Å². The van der Waals surface area contributed by atoms with E-state index in [1.165, 1.54) is 31.5 Å². The van der Waals surface area contributed by atoms with Gasteiger partial charge in [0.2, 0.25) is 5.95 Å². The number of anilines is 2. The molecule has 2 aliphatic rings. The van der Waals surface area contributed by atoms with Gasteiger partial charge in [-0.05, 0) is 49.3 Å². The first-order valence-corrected chi connectivity index (χ1v) is 10.5. The van der Waals surface area contributed by atoms with Crippen LogP contribution in [0.2, 0.25) is 0 Å². The van der Waals surface area contributed by atoms with Crippen LogP contribution in [0, 0.1) is 11.8 Å². The van der Waals surface area contributed by atoms with E-state index in [0.717, 1.165) is 23.4 Å². The van der Waals surface area contributed by atoms with E-state index in [9.17, 15) is 9.59 Å². The van der Waals surface area contributed by atoms with E-state index in [1.807, 2.05) is 6.07 Å². The highest BCUT2D eigenvalue weighted by Gasteiger charge is 2.42. The molecule has 2 fully saturated rings. The molecule has 2 saturated carbocycles. The molecule has 9 heteroatoms. The maximum Gasteiger partial charge on any atom is 0.337 e. The van der Waals surface area contributed by atoms with E-state index in [1.54, 1.807) is 31.3 Å². The van der Waals surface area contributed by atoms with Gasteiger partial charge in [0.25, 0.3) is 5.91 Å². The molecule has 2 aliphatic carbocycles. The molecule has 160 valence electrons. The third-order valence-corrected chi connectivity index (χ3v) is 6.48. The number of amides is 1. The third kappa shape index (κ3) is 3.39. The van der Waals surface area contributed by atoms with Crippen LogP contribution < -0.4 is 5.32 Å². The summed E-state index contributed by atoms with van der Waals surface area (Å²) in [6.45, 7) is 0. The van der Waals surface area contributed by atoms with E-state index in [4.69, 9.17) is 10.1 Å². The van der Waals surface area contributed by atoms with Crippen molar-refractivity contribution in [3.8, 4) is 0 Å². The van der Waals surface area contributed by atoms with Crippen molar-refractivity contribution in [2.45, 2.75) is 31.7 Å². The van der Waals surface area contributed by atoms with E-state index < -0.39 is 5.97 Å². The van der Waals surface area contributed by atoms with Gasteiger partial charge in [0.15, 0.2) is 0 Å². The first-order chi connectivity index (χ1) is 14.9. The number of aromatic carboxylic acids is 1. The van der Waals surface area contributed by atoms with E-state index in [0.29, 0.717) is 23.4 Å². The highest BCUT2D eigenvalue weighted by Crippen LogP contribution is 2.51. The van der Waals surface area contributed by atoms with Crippen LogP contribution in [0.5, 0.6) is 0 Å². The number of carboxylic acids is 1. The first-order valence-electron chi connectivity index (χ1n) is 10.5. The van der Waals surface area contributed by atoms with Gasteiger partial charge in [-0.1, -0.05) is 6.42 Å². The van der Waals surface area contributed by atoms with Gasteiger partial charge in [-0.3, -0.25) is 4.79 Å². The van der Waals surface area contributed by atoms with Crippen LogP contribution in [-0.2, 0) is 0 Å². The molecule has 3 aromatic rings. The minimum Gasteiger partial charge on any atom is -0.478 e. The van der Waals surface area contributed by atoms with Crippen LogP contribution in [0.3, 0.4) is 0 Å². The maximum absolute atomic E-state index is 12.9. The van der Waals surface area contributed by atoms with Gasteiger partial charge in [-0.2, -0.15) is 4.98 Å². The Morgan fingerprint density at radius 1 is 1.16 bits per heavy atom. The molecule has 0 aliphatic heterocycles. The lowest BCUT2D eigenvalue weighted by Crippen LogP contribution is -2.27. The van der Waals surface area contributed by atoms with Crippen molar-refractivity contribution in [3.63, 3.8) is 0 Å². The zero-order valence-corrected chi connectivity index (χ0v) is 17.4. The van der Waals surface area contributed by atoms with Crippen LogP contribution in [0.4, 0.5) is 11.8 Å². The Kier molecular flexibility index (Phi) is 4.60. The Morgan fingerprint density at radius 2 is 2.00 bits per heavy atom. The maximum atomic E-state index is 12.9. The molecule has 3 atom stereocenters. The van der Waals surface area contributed by atoms with Crippen LogP contribution in [0.25, 0.3) is 11.0 Å². The molecule has 0 spiro atoms. The summed E-state index contributed by atoms with van der Waals surface area (Å²) in [4.78, 5) is 38.8. The zero-order chi connectivity index (χ0) is 21.7. The molecule has 3 heterocycles. The summed E-state index contributed by atoms with van der Waals surface area (Å²) in [6.07, 6.45) is 7.77. The molecule has 0 saturated heterocycles. The van der Waals surface area contributed by atoms with Crippen molar-refractivity contribution in [2.75, 3.05) is 19.4 Å². The van der Waals surface area contributed by atoms with Crippen molar-refractivity contribution >= 4 is 34.7 Å². The second-order valence-electron chi connectivity index (χ2n) is 8.68. The lowest BCUT2D eigenvalue weighted by molar-refractivity contribution is 0.0696. The number of aromatic nitrogens is 4. The van der Waals surface area contributed by atoms with Crippen LogP contribution in [0.1, 0.15) is 52.6 Å². The second kappa shape index (κ2) is 7.33. The fourth-order valence-corrected chi connectivity index (χ4v) is 5.03. The predicted molar refractivity (Wildman–Crippen MR) is 115 cm³/mol. The molecule has 0 aromatic carbocycles. The normalized spacial score (nSPS) is 22.1. The van der Waals surface area contributed by atoms with Gasteiger partial charge in [0, 0.05) is 37.9 Å². The third-order valence-electron chi connectivity index (χ3n) is 6.48. The van der Waals surface area contributed by atoms with Crippen molar-refractivity contribution in [2.24, 2.45) is 11.8 Å². The SMILES string of the molecule is CN(C)C(=O)c1cc2cnc(Nc3ccc(C(=O)O)cn3)nc2n1C1CC2CCC1C2. The quantitative estimate of drug-likeness (QED) is 0.651. The Hall–Kier alpha value is -3.49. The number of hydrogen-bond donors (Lipinski definition) is 2. The van der Waals surface area contributed by atoms with E-state index in [-0.39, 0.29) is 17.5 Å². The van der Waals surface area contributed by atoms with Crippen molar-refractivity contribution in [3.05, 3.63) is 41.9 Å². The predicted octanol–water partition coefficient (Wildman–Crippen LogP) is 3.33. The highest BCUT2D eigenvalue weighted by molar-refractivity contribution is 5.98. The molecule has 3 unspecified atom stereocenters. The minimum atomic E-state index is -1.03. The molecular formula is C22H24N6O3. The molecule has 31 heavy (non-hydrogen) atoms. The average molecular weight is 420 g/mol. The summed E-state index contributed by atoms with van der Waals surface area (Å²) in [5.41, 5.74) is 1.49. The van der Waals surface area contributed by atoms with Gasteiger partial charge in [-0.15, -0.1) is 0 Å². The molecule has 3 aromatic heterocycles. The number of fused-ring (bicyclic) bond motifs is 3. The van der Waals surface area contributed by atoms with Gasteiger partial charge < -0.3 is 19.9 Å². The largest absolute Gasteiger partial charge is 0.478 e. The lowest BCUT2D eigenvalue weighted by atomic mass is 9.95. The Labute approximate surface area is 179 Å². The molecule has 9 nitrogen and oxygen atoms in total. The van der Waals surface area contributed by atoms with Crippen molar-refractivity contribution < 1.29 is 14.7 Å². The first kappa shape index (κ1) is 19.5. The Bertz CT molecular complexity index is 1170. The summed E-state index contributed by atoms with van der Waals surface area (Å²) in [5, 5.41) is 12.9. The number of carboxylic acid groups (broad SMARTS) is 1. The summed E-state index contributed by atoms with van der Waals surface area (Å²) in [5.74, 6) is 1.04. The van der Waals surface area contributed by atoms with Crippen LogP contribution in [0.15, 0.2) is 30.6 Å². The topological polar surface area (TPSA) is 113 Å². The van der Waals surface area contributed by atoms with Crippen LogP contribution in [-0.4, -0.2) is 55.5 Å². The molecule has 0 radical (unpaired) electrons. The molecular weight excluding hydrogens is 396 g/mol. The number of nitrogens with one attached hydrogen (secondary N) is 1. The summed E-state index contributed by atoms with van der Waals surface area (Å²) in [6, 6.07) is 5.20. The number of carbonyl (C=O) groups excluding carboxylic acids is 1. The number of pyridine rings is 1. The molecule has 2 bridgehead atoms. The van der Waals surface area contributed by atoms with E-state index in [2.05, 4.69) is 19.9 Å². The number of nitrogens with zero attached hydrogens (tertiary/aromatic N) is 5. The molecule has 1 amide bonds. The fourth-order valence-electron chi connectivity index (χ4n) is 5.03. The molecule has 5 rings (SSSR count). The van der Waals surface area contributed by atoms with Crippen LogP contribution >= 0.6 is 0 Å². The number of hydrogen-bond acceptors (Lipinski definition) is 6. The van der Waals surface area contributed by atoms with Crippen molar-refractivity contribution in [1.82, 2.24) is 24.4 Å². The Balaban J connectivity index is 1.54.